The van der Waals surface area contributed by atoms with Crippen molar-refractivity contribution in [1.82, 2.24) is 0 Å². The molecule has 0 amide bonds. The molecular formula is C36H50ClN3O5Si. The average molecular weight is 668 g/mol. The Morgan fingerprint density at radius 3 is 1.65 bits per heavy atom. The molecule has 5 atom stereocenters. The van der Waals surface area contributed by atoms with Crippen molar-refractivity contribution in [3.63, 3.8) is 0 Å². The number of aliphatic hydroxyl groups excluding tert-OH is 1. The van der Waals surface area contributed by atoms with Crippen molar-refractivity contribution < 1.29 is 23.7 Å². The van der Waals surface area contributed by atoms with Crippen LogP contribution in [0.3, 0.4) is 0 Å². The van der Waals surface area contributed by atoms with Crippen LogP contribution in [0.15, 0.2) is 96.1 Å². The average Bonchev–Trinajstić information content (AvgIpc) is 3.05. The lowest BCUT2D eigenvalue weighted by Gasteiger charge is -2.43. The van der Waals surface area contributed by atoms with Gasteiger partial charge in [-0.2, -0.15) is 0 Å². The molecule has 250 valence electrons. The van der Waals surface area contributed by atoms with Crippen LogP contribution in [-0.4, -0.2) is 56.4 Å². The van der Waals surface area contributed by atoms with Crippen LogP contribution in [0.1, 0.15) is 50.3 Å². The number of azide groups is 1. The minimum atomic E-state index is -2.32. The molecule has 0 heterocycles. The summed E-state index contributed by atoms with van der Waals surface area (Å²) in [5.74, 6) is 0.438. The maximum Gasteiger partial charge on any atom is 0.192 e. The van der Waals surface area contributed by atoms with Crippen LogP contribution in [0, 0.1) is 0 Å². The second-order valence-corrected chi connectivity index (χ2v) is 18.1. The third kappa shape index (κ3) is 12.1. The highest BCUT2D eigenvalue weighted by molar-refractivity contribution is 6.74. The summed E-state index contributed by atoms with van der Waals surface area (Å²) in [5, 5.41) is 16.1. The summed E-state index contributed by atoms with van der Waals surface area (Å²) in [7, 11) is -2.32. The topological polar surface area (TPSA) is 106 Å². The number of aliphatic hydroxyl groups is 1. The number of rotatable bonds is 20. The predicted molar refractivity (Wildman–Crippen MR) is 187 cm³/mol. The van der Waals surface area contributed by atoms with E-state index >= 15 is 0 Å². The van der Waals surface area contributed by atoms with Gasteiger partial charge in [0.25, 0.3) is 0 Å². The van der Waals surface area contributed by atoms with Gasteiger partial charge in [0, 0.05) is 10.8 Å². The predicted octanol–water partition coefficient (Wildman–Crippen LogP) is 8.82. The first-order valence-corrected chi connectivity index (χ1v) is 19.4. The molecule has 1 N–H and O–H groups in total. The van der Waals surface area contributed by atoms with Gasteiger partial charge in [-0.15, -0.1) is 11.6 Å². The number of nitrogens with zero attached hydrogens (tertiary/aromatic N) is 3. The molecule has 0 unspecified atom stereocenters. The zero-order valence-corrected chi connectivity index (χ0v) is 29.6. The first kappa shape index (κ1) is 37.7. The number of ether oxygens (including phenoxy) is 3. The minimum absolute atomic E-state index is 0.0177. The van der Waals surface area contributed by atoms with Gasteiger partial charge in [0.1, 0.15) is 18.3 Å². The van der Waals surface area contributed by atoms with Crippen molar-refractivity contribution in [2.24, 2.45) is 5.11 Å². The second kappa shape index (κ2) is 19.2. The first-order chi connectivity index (χ1) is 22.1. The van der Waals surface area contributed by atoms with Gasteiger partial charge in [-0.25, -0.2) is 0 Å². The van der Waals surface area contributed by atoms with Gasteiger partial charge in [-0.1, -0.05) is 117 Å². The van der Waals surface area contributed by atoms with Gasteiger partial charge >= 0.3 is 0 Å². The van der Waals surface area contributed by atoms with Gasteiger partial charge in [-0.05, 0) is 53.2 Å². The van der Waals surface area contributed by atoms with Crippen LogP contribution < -0.4 is 0 Å². The van der Waals surface area contributed by atoms with Crippen molar-refractivity contribution in [1.29, 1.82) is 0 Å². The SMILES string of the molecule is CC(C)(C)[Si](C)(C)O[C@H](CCCCl)[C@@H](O)[C@@H](OCc1ccccc1)[C@H](OCc1ccccc1)[C@@H](CN=[N+]=[N-])OCc1ccccc1. The summed E-state index contributed by atoms with van der Waals surface area (Å²) in [6.07, 6.45) is -2.94. The third-order valence-corrected chi connectivity index (χ3v) is 13.3. The largest absolute Gasteiger partial charge is 0.411 e. The molecule has 46 heavy (non-hydrogen) atoms. The first-order valence-electron chi connectivity index (χ1n) is 15.9. The molecule has 0 aliphatic rings. The molecule has 0 saturated carbocycles. The molecule has 0 bridgehead atoms. The van der Waals surface area contributed by atoms with Crippen LogP contribution in [0.4, 0.5) is 0 Å². The number of hydrogen-bond donors (Lipinski definition) is 1. The molecule has 3 aromatic carbocycles. The highest BCUT2D eigenvalue weighted by Gasteiger charge is 2.45. The molecular weight excluding hydrogens is 618 g/mol. The maximum absolute atomic E-state index is 12.3. The van der Waals surface area contributed by atoms with Gasteiger partial charge in [0.15, 0.2) is 8.32 Å². The van der Waals surface area contributed by atoms with Gasteiger partial charge in [0.05, 0.1) is 38.6 Å². The molecule has 0 fully saturated rings. The van der Waals surface area contributed by atoms with E-state index in [1.54, 1.807) is 0 Å². The fraction of sp³-hybridized carbons (Fsp3) is 0.500. The lowest BCUT2D eigenvalue weighted by atomic mass is 9.96. The highest BCUT2D eigenvalue weighted by Crippen LogP contribution is 2.39. The van der Waals surface area contributed by atoms with E-state index in [0.29, 0.717) is 18.7 Å². The summed E-state index contributed by atoms with van der Waals surface area (Å²) in [5.41, 5.74) is 12.2. The lowest BCUT2D eigenvalue weighted by molar-refractivity contribution is -0.191. The van der Waals surface area contributed by atoms with Crippen LogP contribution >= 0.6 is 11.6 Å². The Hall–Kier alpha value is -2.72. The summed E-state index contributed by atoms with van der Waals surface area (Å²) >= 11 is 6.17. The number of hydrogen-bond acceptors (Lipinski definition) is 6. The summed E-state index contributed by atoms with van der Waals surface area (Å²) in [6, 6.07) is 29.4. The summed E-state index contributed by atoms with van der Waals surface area (Å²) < 4.78 is 26.6. The van der Waals surface area contributed by atoms with E-state index in [0.717, 1.165) is 16.7 Å². The highest BCUT2D eigenvalue weighted by atomic mass is 35.5. The Balaban J connectivity index is 2.06. The zero-order valence-electron chi connectivity index (χ0n) is 27.8. The Labute approximate surface area is 280 Å². The van der Waals surface area contributed by atoms with E-state index in [9.17, 15) is 10.6 Å². The molecule has 3 aromatic rings. The molecule has 3 rings (SSSR count). The van der Waals surface area contributed by atoms with Crippen molar-refractivity contribution in [3.05, 3.63) is 118 Å². The molecule has 0 aliphatic heterocycles. The van der Waals surface area contributed by atoms with E-state index in [4.69, 9.17) is 30.2 Å². The van der Waals surface area contributed by atoms with Crippen LogP contribution in [-0.2, 0) is 38.5 Å². The van der Waals surface area contributed by atoms with Crippen molar-refractivity contribution in [2.75, 3.05) is 12.4 Å². The fourth-order valence-electron chi connectivity index (χ4n) is 4.83. The van der Waals surface area contributed by atoms with E-state index in [-0.39, 0.29) is 31.4 Å². The Morgan fingerprint density at radius 1 is 0.761 bits per heavy atom. The van der Waals surface area contributed by atoms with Crippen LogP contribution in [0.5, 0.6) is 0 Å². The van der Waals surface area contributed by atoms with E-state index in [1.807, 2.05) is 91.0 Å². The lowest BCUT2D eigenvalue weighted by Crippen LogP contribution is -2.56. The van der Waals surface area contributed by atoms with Crippen LogP contribution in [0.25, 0.3) is 10.4 Å². The number of alkyl halides is 1. The van der Waals surface area contributed by atoms with Gasteiger partial charge in [0.2, 0.25) is 0 Å². The van der Waals surface area contributed by atoms with Crippen molar-refractivity contribution in [3.8, 4) is 0 Å². The zero-order chi connectivity index (χ0) is 33.4. The molecule has 10 heteroatoms. The normalized spacial score (nSPS) is 15.4. The Bertz CT molecular complexity index is 1310. The number of halogens is 1. The monoisotopic (exact) mass is 667 g/mol. The van der Waals surface area contributed by atoms with Gasteiger partial charge < -0.3 is 23.7 Å². The van der Waals surface area contributed by atoms with E-state index in [1.165, 1.54) is 0 Å². The number of benzene rings is 3. The van der Waals surface area contributed by atoms with Gasteiger partial charge in [-0.3, -0.25) is 0 Å². The van der Waals surface area contributed by atoms with E-state index in [2.05, 4.69) is 43.9 Å². The van der Waals surface area contributed by atoms with Crippen molar-refractivity contribution >= 4 is 19.9 Å². The quantitative estimate of drug-likeness (QED) is 0.0426. The molecule has 0 aromatic heterocycles. The standard InChI is InChI=1S/C36H50ClN3O5Si/c1-36(2,3)46(4,5)45-31(22-15-23-37)33(41)35(44-27-30-20-13-8-14-21-30)34(43-26-29-18-11-7-12-19-29)32(24-39-40-38)42-25-28-16-9-6-10-17-28/h6-14,16-21,31-35,41H,15,22-27H2,1-5H3/t31-,32-,33-,34-,35-/m1/s1. The summed E-state index contributed by atoms with van der Waals surface area (Å²) in [4.78, 5) is 3.03. The fourth-order valence-corrected chi connectivity index (χ4v) is 6.35. The second-order valence-electron chi connectivity index (χ2n) is 13.0. The molecule has 8 nitrogen and oxygen atoms in total. The van der Waals surface area contributed by atoms with E-state index < -0.39 is 38.8 Å². The molecule has 0 saturated heterocycles. The van der Waals surface area contributed by atoms with Crippen molar-refractivity contribution in [2.45, 2.75) is 102 Å². The summed E-state index contributed by atoms with van der Waals surface area (Å²) in [6.45, 7) is 11.6. The van der Waals surface area contributed by atoms with Crippen LogP contribution in [0.2, 0.25) is 18.1 Å². The smallest absolute Gasteiger partial charge is 0.192 e. The third-order valence-electron chi connectivity index (χ3n) is 8.48. The molecule has 0 spiro atoms. The Kier molecular flexibility index (Phi) is 15.7. The molecule has 0 aliphatic carbocycles. The minimum Gasteiger partial charge on any atom is -0.411 e. The molecule has 0 radical (unpaired) electrons. The maximum atomic E-state index is 12.3. The Morgan fingerprint density at radius 2 is 1.22 bits per heavy atom.